The largest absolute Gasteiger partial charge is 0.437 e. The van der Waals surface area contributed by atoms with Crippen molar-refractivity contribution in [3.63, 3.8) is 0 Å². The number of hydrogen-bond donors (Lipinski definition) is 3. The molecule has 13 heteroatoms. The SMILES string of the molecule is C.C=CCC(O)(CCN[C@@H](C)C(C)(C)O[Si](C)(C)C(C)(C)C)c1ccccc1.C=CCC1(c2ccccc2)CCN([C@@H](C)C(C)(C)O)C(=O)O1.C=CCC1(c2ccccc2)CCN([C@@H](C)C(C)(C)O[Si](C)(C)C(C)(C)C)C(=O)O1. The van der Waals surface area contributed by atoms with Crippen molar-refractivity contribution in [1.82, 2.24) is 15.1 Å². The molecule has 2 aliphatic heterocycles. The van der Waals surface area contributed by atoms with Crippen molar-refractivity contribution in [3.8, 4) is 0 Å². The van der Waals surface area contributed by atoms with Crippen LogP contribution in [0.4, 0.5) is 9.59 Å². The minimum Gasteiger partial charge on any atom is -0.437 e. The summed E-state index contributed by atoms with van der Waals surface area (Å²) in [5.74, 6) is 0. The number of hydrogen-bond acceptors (Lipinski definition) is 9. The van der Waals surface area contributed by atoms with Gasteiger partial charge in [-0.3, -0.25) is 0 Å². The molecule has 3 unspecified atom stereocenters. The fourth-order valence-electron chi connectivity index (χ4n) is 9.57. The summed E-state index contributed by atoms with van der Waals surface area (Å²) in [7, 11) is -3.82. The number of benzene rings is 3. The second-order valence-corrected chi connectivity index (χ2v) is 36.0. The van der Waals surface area contributed by atoms with Gasteiger partial charge >= 0.3 is 12.2 Å². The number of rotatable bonds is 22. The van der Waals surface area contributed by atoms with Gasteiger partial charge in [-0.05, 0) is 135 Å². The van der Waals surface area contributed by atoms with Gasteiger partial charge in [-0.2, -0.15) is 0 Å². The average molecular weight is 1130 g/mol. The highest BCUT2D eigenvalue weighted by Gasteiger charge is 2.50. The second-order valence-electron chi connectivity index (χ2n) is 26.6. The molecule has 3 aromatic rings. The number of nitrogens with zero attached hydrogens (tertiary/aromatic N) is 2. The van der Waals surface area contributed by atoms with Crippen molar-refractivity contribution in [1.29, 1.82) is 0 Å². The van der Waals surface area contributed by atoms with Gasteiger partial charge < -0.3 is 43.7 Å². The van der Waals surface area contributed by atoms with E-state index in [4.69, 9.17) is 18.3 Å². The van der Waals surface area contributed by atoms with Crippen LogP contribution < -0.4 is 5.32 Å². The van der Waals surface area contributed by atoms with Gasteiger partial charge in [0.05, 0.1) is 34.5 Å². The maximum Gasteiger partial charge on any atom is 0.411 e. The molecule has 0 aliphatic carbocycles. The van der Waals surface area contributed by atoms with Crippen LogP contribution in [0.2, 0.25) is 36.3 Å². The summed E-state index contributed by atoms with van der Waals surface area (Å²) in [5, 5.41) is 25.2. The number of nitrogens with one attached hydrogen (secondary N) is 1. The van der Waals surface area contributed by atoms with Gasteiger partial charge in [0.25, 0.3) is 0 Å². The quantitative estimate of drug-likeness (QED) is 0.0665. The fraction of sp³-hybridized carbons (Fsp3) is 0.606. The van der Waals surface area contributed by atoms with Crippen LogP contribution in [0.5, 0.6) is 0 Å². The number of carbonyl (C=O) groups is 2. The Morgan fingerprint density at radius 2 is 0.975 bits per heavy atom. The van der Waals surface area contributed by atoms with E-state index in [1.165, 1.54) is 0 Å². The van der Waals surface area contributed by atoms with Crippen molar-refractivity contribution in [2.45, 2.75) is 238 Å². The summed E-state index contributed by atoms with van der Waals surface area (Å²) >= 11 is 0. The lowest BCUT2D eigenvalue weighted by atomic mass is 9.85. The zero-order valence-electron chi connectivity index (χ0n) is 51.8. The Bertz CT molecular complexity index is 2380. The monoisotopic (exact) mass is 1130 g/mol. The molecular weight excluding hydrogens is 1020 g/mol. The molecule has 0 spiro atoms. The fourth-order valence-corrected chi connectivity index (χ4v) is 13.2. The van der Waals surface area contributed by atoms with Gasteiger partial charge in [-0.15, -0.1) is 19.7 Å². The lowest BCUT2D eigenvalue weighted by Crippen LogP contribution is -2.60. The molecule has 3 aromatic carbocycles. The van der Waals surface area contributed by atoms with Gasteiger partial charge in [0.15, 0.2) is 16.6 Å². The number of amides is 2. The topological polar surface area (TPSA) is 130 Å². The molecule has 2 saturated heterocycles. The van der Waals surface area contributed by atoms with Crippen molar-refractivity contribution >= 4 is 28.8 Å². The van der Waals surface area contributed by atoms with Crippen LogP contribution in [0.3, 0.4) is 0 Å². The van der Waals surface area contributed by atoms with Crippen molar-refractivity contribution < 1.29 is 38.1 Å². The standard InChI is InChI=1S/C24H39NO3Si.C23H41NO2Si.C18H25NO3.CH4/c1-10-16-24(20-14-12-11-13-15-20)17-18-25(21(26)27-24)19(2)23(6,7)28-29(8,9)22(3,4)5;1-10-16-23(25,20-14-12-11-13-15-20)17-18-24-19(2)22(6,7)26-27(8,9)21(3,4)5;1-5-11-18(15-9-7-6-8-10-15)12-13-19(16(20)22-18)14(2)17(3,4)21;/h10-15,19H,1,16-18H2,2-9H3;10-15,19,24-25H,1,16-18H2,2-9H3;5-10,14,21H,1,11-13H2,2-4H3;1H4/t19-,24?;19-,23?;14-,18?;/m000./s1. The first-order valence-corrected chi connectivity index (χ1v) is 34.2. The van der Waals surface area contributed by atoms with E-state index in [1.807, 2.05) is 109 Å². The van der Waals surface area contributed by atoms with Crippen molar-refractivity contribution in [2.75, 3.05) is 19.6 Å². The predicted octanol–water partition coefficient (Wildman–Crippen LogP) is 16.2. The van der Waals surface area contributed by atoms with E-state index < -0.39 is 44.6 Å². The molecule has 2 amide bonds. The van der Waals surface area contributed by atoms with E-state index in [1.54, 1.807) is 30.9 Å². The van der Waals surface area contributed by atoms with Crippen LogP contribution in [0.15, 0.2) is 129 Å². The molecule has 2 heterocycles. The second kappa shape index (κ2) is 28.1. The van der Waals surface area contributed by atoms with Crippen LogP contribution in [0.1, 0.15) is 166 Å². The summed E-state index contributed by atoms with van der Waals surface area (Å²) in [6.07, 6.45) is 8.51. The zero-order valence-corrected chi connectivity index (χ0v) is 53.8. The van der Waals surface area contributed by atoms with Gasteiger partial charge in [0.2, 0.25) is 0 Å². The lowest BCUT2D eigenvalue weighted by molar-refractivity contribution is -0.0846. The van der Waals surface area contributed by atoms with E-state index in [0.29, 0.717) is 51.7 Å². The predicted molar refractivity (Wildman–Crippen MR) is 335 cm³/mol. The molecule has 0 aromatic heterocycles. The maximum atomic E-state index is 13.1. The van der Waals surface area contributed by atoms with E-state index in [2.05, 4.69) is 134 Å². The highest BCUT2D eigenvalue weighted by atomic mass is 28.4. The van der Waals surface area contributed by atoms with E-state index >= 15 is 0 Å². The molecule has 444 valence electrons. The molecule has 11 nitrogen and oxygen atoms in total. The third kappa shape index (κ3) is 18.6. The molecule has 0 bridgehead atoms. The number of aliphatic hydroxyl groups is 2. The Kier molecular flexibility index (Phi) is 25.2. The minimum absolute atomic E-state index is 0. The van der Waals surface area contributed by atoms with E-state index in [9.17, 15) is 19.8 Å². The van der Waals surface area contributed by atoms with Crippen molar-refractivity contribution in [2.24, 2.45) is 0 Å². The van der Waals surface area contributed by atoms with Crippen LogP contribution in [-0.4, -0.2) is 103 Å². The molecule has 6 atom stereocenters. The third-order valence-electron chi connectivity index (χ3n) is 17.5. The lowest BCUT2D eigenvalue weighted by Gasteiger charge is -2.50. The Labute approximate surface area is 482 Å². The van der Waals surface area contributed by atoms with Crippen LogP contribution in [0.25, 0.3) is 0 Å². The van der Waals surface area contributed by atoms with Gasteiger partial charge in [-0.1, -0.05) is 158 Å². The third-order valence-corrected chi connectivity index (χ3v) is 26.8. The first kappa shape index (κ1) is 70.8. The van der Waals surface area contributed by atoms with Crippen LogP contribution >= 0.6 is 0 Å². The number of ether oxygens (including phenoxy) is 2. The molecular formula is C66H109N3O8Si2. The van der Waals surface area contributed by atoms with Gasteiger partial charge in [0.1, 0.15) is 11.2 Å². The average Bonchev–Trinajstić information content (AvgIpc) is 3.33. The Hall–Kier alpha value is -4.35. The first-order valence-electron chi connectivity index (χ1n) is 28.4. The van der Waals surface area contributed by atoms with Crippen molar-refractivity contribution in [3.05, 3.63) is 146 Å². The summed E-state index contributed by atoms with van der Waals surface area (Å²) in [5.41, 5.74) is -0.937. The first-order chi connectivity index (χ1) is 35.8. The van der Waals surface area contributed by atoms with E-state index in [-0.39, 0.29) is 53.4 Å². The smallest absolute Gasteiger partial charge is 0.411 e. The van der Waals surface area contributed by atoms with E-state index in [0.717, 1.165) is 23.1 Å². The van der Waals surface area contributed by atoms with Crippen LogP contribution in [0, 0.1) is 0 Å². The highest BCUT2D eigenvalue weighted by Crippen LogP contribution is 2.44. The summed E-state index contributed by atoms with van der Waals surface area (Å²) in [6.45, 7) is 54.0. The van der Waals surface area contributed by atoms with Crippen LogP contribution in [-0.2, 0) is 35.1 Å². The Balaban J connectivity index is 0.000000406. The molecule has 0 saturated carbocycles. The summed E-state index contributed by atoms with van der Waals surface area (Å²) < 4.78 is 25.3. The minimum atomic E-state index is -1.97. The number of carbonyl (C=O) groups excluding carboxylic acids is 2. The van der Waals surface area contributed by atoms with Gasteiger partial charge in [0, 0.05) is 44.8 Å². The maximum absolute atomic E-state index is 13.1. The van der Waals surface area contributed by atoms with Gasteiger partial charge in [-0.25, -0.2) is 9.59 Å². The highest BCUT2D eigenvalue weighted by molar-refractivity contribution is 6.74. The Morgan fingerprint density at radius 3 is 1.32 bits per heavy atom. The Morgan fingerprint density at radius 1 is 0.608 bits per heavy atom. The molecule has 2 aliphatic rings. The summed E-state index contributed by atoms with van der Waals surface area (Å²) in [6, 6.07) is 29.4. The molecule has 5 rings (SSSR count). The zero-order chi connectivity index (χ0) is 59.4. The molecule has 3 N–H and O–H groups in total. The molecule has 79 heavy (non-hydrogen) atoms. The summed E-state index contributed by atoms with van der Waals surface area (Å²) in [4.78, 5) is 29.1. The molecule has 0 radical (unpaired) electrons. The normalized spacial score (nSPS) is 20.5. The molecule has 2 fully saturated rings. The number of cyclic esters (lactones) is 2.